The Hall–Kier alpha value is 0.803. The molecule has 2 N–H and O–H groups in total. The summed E-state index contributed by atoms with van der Waals surface area (Å²) in [5, 5.41) is 0. The Morgan fingerprint density at radius 3 is 1.80 bits per heavy atom. The molecule has 0 aromatic carbocycles. The number of rotatable bonds is 0. The van der Waals surface area contributed by atoms with Gasteiger partial charge >= 0.3 is 27.0 Å². The first-order valence-corrected chi connectivity index (χ1v) is 5.07. The van der Waals surface area contributed by atoms with Gasteiger partial charge in [0.25, 0.3) is 0 Å². The van der Waals surface area contributed by atoms with Crippen LogP contribution in [0.4, 0.5) is 0 Å². The summed E-state index contributed by atoms with van der Waals surface area (Å²) >= 11 is 4.77. The summed E-state index contributed by atoms with van der Waals surface area (Å²) in [6.07, 6.45) is 0. The van der Waals surface area contributed by atoms with Crippen LogP contribution in [0.3, 0.4) is 0 Å². The van der Waals surface area contributed by atoms with Crippen molar-refractivity contribution in [2.45, 2.75) is 0 Å². The van der Waals surface area contributed by atoms with E-state index in [1.54, 1.807) is 0 Å². The van der Waals surface area contributed by atoms with E-state index in [-0.39, 0.29) is 0 Å². The van der Waals surface area contributed by atoms with Crippen LogP contribution < -0.4 is 5.73 Å². The second-order valence-corrected chi connectivity index (χ2v) is 0.354. The van der Waals surface area contributed by atoms with Crippen LogP contribution in [0, 0.1) is 0 Å². The summed E-state index contributed by atoms with van der Waals surface area (Å²) in [7, 11) is 4.76. The first-order chi connectivity index (χ1) is 2.41. The fourth-order valence-electron chi connectivity index (χ4n) is 0. The molecule has 0 aliphatic carbocycles. The zero-order valence-corrected chi connectivity index (χ0v) is 7.11. The number of nitrogens with two attached hydrogens (primary N) is 1. The van der Waals surface area contributed by atoms with Gasteiger partial charge in [-0.25, -0.2) is 0 Å². The van der Waals surface area contributed by atoms with E-state index >= 15 is 0 Å². The summed E-state index contributed by atoms with van der Waals surface area (Å²) in [6, 6.07) is 0. The van der Waals surface area contributed by atoms with Crippen LogP contribution >= 0.6 is 21.9 Å². The van der Waals surface area contributed by atoms with Crippen molar-refractivity contribution in [3.63, 3.8) is 0 Å². The van der Waals surface area contributed by atoms with Gasteiger partial charge in [0.15, 0.2) is 0 Å². The maximum atomic E-state index is 4.76. The minimum absolute atomic E-state index is 0.847. The van der Waals surface area contributed by atoms with Crippen molar-refractivity contribution < 1.29 is 17.3 Å². The Balaban J connectivity index is 0. The normalized spacial score (nSPS) is 3.80. The number of halogens is 1. The van der Waals surface area contributed by atoms with Crippen molar-refractivity contribution in [3.8, 4) is 0 Å². The van der Waals surface area contributed by atoms with Crippen LogP contribution in [-0.4, -0.2) is 5.49 Å². The molecule has 0 fully saturated rings. The average Bonchev–Trinajstić information content (AvgIpc) is 1.46. The molecule has 0 amide bonds. The van der Waals surface area contributed by atoms with Gasteiger partial charge in [0, 0.05) is 0 Å². The molecule has 0 heterocycles. The Kier molecular flexibility index (Phi) is 39.6. The average molecular weight is 161 g/mol. The third-order valence-corrected chi connectivity index (χ3v) is 0. The standard InChI is InChI=1S/CH2NS.ClH.Zn/c2-1-3;;/h(H2,2,3);1H;/q-1;;+2/p-1. The second-order valence-electron chi connectivity index (χ2n) is 0.118. The molecule has 0 bridgehead atoms. The van der Waals surface area contributed by atoms with Crippen LogP contribution in [-0.2, 0) is 17.3 Å². The van der Waals surface area contributed by atoms with Crippen molar-refractivity contribution in [3.05, 3.63) is 0 Å². The maximum absolute atomic E-state index is 4.76. The summed E-state index contributed by atoms with van der Waals surface area (Å²) in [5.74, 6) is 0. The van der Waals surface area contributed by atoms with E-state index in [0.29, 0.717) is 0 Å². The number of thiocarbonyl (C=S) groups is 1. The van der Waals surface area contributed by atoms with Gasteiger partial charge in [-0.2, -0.15) is 0 Å². The molecule has 0 aromatic heterocycles. The molecular formula is CH2ClNSZn. The monoisotopic (exact) mass is 159 g/mol. The second kappa shape index (κ2) is 21.4. The van der Waals surface area contributed by atoms with Gasteiger partial charge in [0.05, 0.1) is 0 Å². The molecule has 0 rings (SSSR count). The summed E-state index contributed by atoms with van der Waals surface area (Å²) in [5.41, 5.74) is 6.25. The molecule has 0 aliphatic rings. The van der Waals surface area contributed by atoms with Crippen molar-refractivity contribution >= 4 is 27.4 Å². The van der Waals surface area contributed by atoms with Gasteiger partial charge < -0.3 is 23.4 Å². The van der Waals surface area contributed by atoms with Crippen LogP contribution in [0.1, 0.15) is 0 Å². The van der Waals surface area contributed by atoms with E-state index in [2.05, 4.69) is 18.0 Å². The SMILES string of the molecule is N[C-]=S.[Cl][Zn+]. The van der Waals surface area contributed by atoms with Gasteiger partial charge in [-0.1, -0.05) is 0 Å². The number of hydrogen-bond acceptors (Lipinski definition) is 1. The van der Waals surface area contributed by atoms with Gasteiger partial charge in [0.1, 0.15) is 0 Å². The first kappa shape index (κ1) is 9.26. The molecule has 0 unspecified atom stereocenters. The van der Waals surface area contributed by atoms with Crippen molar-refractivity contribution in [1.82, 2.24) is 0 Å². The van der Waals surface area contributed by atoms with E-state index in [4.69, 9.17) is 9.69 Å². The summed E-state index contributed by atoms with van der Waals surface area (Å²) < 4.78 is 0. The quantitative estimate of drug-likeness (QED) is 0.242. The summed E-state index contributed by atoms with van der Waals surface area (Å²) in [6.45, 7) is 0. The first-order valence-electron chi connectivity index (χ1n) is 0.760. The molecule has 0 aromatic rings. The molecular weight excluding hydrogens is 159 g/mol. The molecule has 1 nitrogen and oxygen atoms in total. The molecule has 5 heavy (non-hydrogen) atoms. The molecule has 4 heteroatoms. The third kappa shape index (κ3) is 58.5. The third-order valence-electron chi connectivity index (χ3n) is 0. The molecule has 0 aliphatic heterocycles. The fourth-order valence-corrected chi connectivity index (χ4v) is 0. The van der Waals surface area contributed by atoms with E-state index in [0.717, 1.165) is 17.3 Å². The van der Waals surface area contributed by atoms with Gasteiger partial charge in [-0.15, -0.1) is 0 Å². The Morgan fingerprint density at radius 2 is 1.80 bits per heavy atom. The van der Waals surface area contributed by atoms with Crippen LogP contribution in [0.25, 0.3) is 0 Å². The van der Waals surface area contributed by atoms with E-state index < -0.39 is 0 Å². The van der Waals surface area contributed by atoms with E-state index in [1.807, 2.05) is 5.49 Å². The predicted octanol–water partition coefficient (Wildman–Crippen LogP) is 0.466. The zero-order valence-electron chi connectivity index (χ0n) is 2.57. The molecule has 0 atom stereocenters. The Morgan fingerprint density at radius 1 is 1.80 bits per heavy atom. The van der Waals surface area contributed by atoms with Crippen LogP contribution in [0.5, 0.6) is 0 Å². The molecule has 26 valence electrons. The summed E-state index contributed by atoms with van der Waals surface area (Å²) in [4.78, 5) is 0. The Bertz CT molecular complexity index is 19.1. The van der Waals surface area contributed by atoms with Crippen molar-refractivity contribution in [2.24, 2.45) is 5.73 Å². The van der Waals surface area contributed by atoms with Crippen molar-refractivity contribution in [2.75, 3.05) is 0 Å². The van der Waals surface area contributed by atoms with Gasteiger partial charge in [0.2, 0.25) is 0 Å². The van der Waals surface area contributed by atoms with Crippen LogP contribution in [0.2, 0.25) is 0 Å². The minimum atomic E-state index is 0.847. The number of hydrogen-bond donors (Lipinski definition) is 1. The molecule has 0 saturated heterocycles. The fraction of sp³-hybridized carbons (Fsp3) is 0. The molecule has 0 radical (unpaired) electrons. The molecule has 0 saturated carbocycles. The van der Waals surface area contributed by atoms with Crippen molar-refractivity contribution in [1.29, 1.82) is 0 Å². The molecule has 0 spiro atoms. The van der Waals surface area contributed by atoms with E-state index in [9.17, 15) is 0 Å². The predicted molar refractivity (Wildman–Crippen MR) is 22.6 cm³/mol. The van der Waals surface area contributed by atoms with Gasteiger partial charge in [-0.3, -0.25) is 0 Å². The zero-order chi connectivity index (χ0) is 4.71. The topological polar surface area (TPSA) is 26.0 Å². The van der Waals surface area contributed by atoms with Gasteiger partial charge in [-0.05, 0) is 0 Å². The van der Waals surface area contributed by atoms with Crippen LogP contribution in [0.15, 0.2) is 0 Å². The Labute approximate surface area is 50.6 Å². The van der Waals surface area contributed by atoms with E-state index in [1.165, 1.54) is 0 Å².